The number of likely N-dealkylation sites (N-methyl/N-ethyl adjacent to an activating group) is 1. The Morgan fingerprint density at radius 3 is 2.71 bits per heavy atom. The summed E-state index contributed by atoms with van der Waals surface area (Å²) in [5.41, 5.74) is 5.25. The SMILES string of the molecule is CN1CCN(c2cc(-c3cnc4[nH]cc(-c5ccn6ncc(C(=O)NCC(F)F)c6c5)c4c3)ccn2)CC1. The molecule has 1 fully saturated rings. The molecule has 0 aromatic carbocycles. The van der Waals surface area contributed by atoms with Crippen molar-refractivity contribution in [1.29, 1.82) is 0 Å². The van der Waals surface area contributed by atoms with Gasteiger partial charge in [-0.05, 0) is 48.5 Å². The highest BCUT2D eigenvalue weighted by atomic mass is 19.3. The van der Waals surface area contributed by atoms with Crippen LogP contribution in [0.15, 0.2) is 61.3 Å². The molecule has 11 heteroatoms. The maximum absolute atomic E-state index is 12.6. The first kappa shape index (κ1) is 24.0. The Balaban J connectivity index is 1.34. The molecule has 0 bridgehead atoms. The van der Waals surface area contributed by atoms with Gasteiger partial charge in [0.15, 0.2) is 0 Å². The molecule has 194 valence electrons. The van der Waals surface area contributed by atoms with Crippen LogP contribution in [-0.4, -0.2) is 81.6 Å². The third kappa shape index (κ3) is 4.56. The average molecular weight is 517 g/mol. The fourth-order valence-electron chi connectivity index (χ4n) is 4.79. The Kier molecular flexibility index (Phi) is 6.20. The van der Waals surface area contributed by atoms with Gasteiger partial charge in [0.2, 0.25) is 0 Å². The fourth-order valence-corrected chi connectivity index (χ4v) is 4.79. The van der Waals surface area contributed by atoms with E-state index in [1.807, 2.05) is 36.8 Å². The highest BCUT2D eigenvalue weighted by Gasteiger charge is 2.18. The van der Waals surface area contributed by atoms with Crippen molar-refractivity contribution in [3.63, 3.8) is 0 Å². The molecule has 2 N–H and O–H groups in total. The Morgan fingerprint density at radius 1 is 1.05 bits per heavy atom. The number of pyridine rings is 3. The summed E-state index contributed by atoms with van der Waals surface area (Å²) in [6.45, 7) is 3.17. The molecule has 0 aliphatic carbocycles. The van der Waals surface area contributed by atoms with Gasteiger partial charge in [0.1, 0.15) is 11.5 Å². The largest absolute Gasteiger partial charge is 0.354 e. The highest BCUT2D eigenvalue weighted by Crippen LogP contribution is 2.32. The number of H-pyrrole nitrogens is 1. The number of nitrogens with one attached hydrogen (secondary N) is 2. The number of nitrogens with zero attached hydrogens (tertiary/aromatic N) is 6. The highest BCUT2D eigenvalue weighted by molar-refractivity contribution is 6.02. The average Bonchev–Trinajstić information content (AvgIpc) is 3.56. The second-order valence-electron chi connectivity index (χ2n) is 9.42. The summed E-state index contributed by atoms with van der Waals surface area (Å²) in [5, 5.41) is 7.36. The van der Waals surface area contributed by atoms with Crippen LogP contribution >= 0.6 is 0 Å². The van der Waals surface area contributed by atoms with Crippen LogP contribution in [0.25, 0.3) is 38.8 Å². The van der Waals surface area contributed by atoms with E-state index in [9.17, 15) is 13.6 Å². The zero-order valence-corrected chi connectivity index (χ0v) is 20.7. The number of rotatable bonds is 6. The summed E-state index contributed by atoms with van der Waals surface area (Å²) in [4.78, 5) is 29.5. The van der Waals surface area contributed by atoms with Crippen LogP contribution in [0.3, 0.4) is 0 Å². The van der Waals surface area contributed by atoms with Crippen molar-refractivity contribution in [2.24, 2.45) is 0 Å². The zero-order valence-electron chi connectivity index (χ0n) is 20.7. The van der Waals surface area contributed by atoms with Gasteiger partial charge in [-0.1, -0.05) is 0 Å². The minimum absolute atomic E-state index is 0.236. The number of carbonyl (C=O) groups excluding carboxylic acids is 1. The number of carbonyl (C=O) groups is 1. The third-order valence-electron chi connectivity index (χ3n) is 6.93. The number of halogens is 2. The minimum atomic E-state index is -2.62. The molecule has 1 saturated heterocycles. The van der Waals surface area contributed by atoms with E-state index in [-0.39, 0.29) is 5.56 Å². The number of amides is 1. The maximum Gasteiger partial charge on any atom is 0.255 e. The molecule has 1 aliphatic heterocycles. The summed E-state index contributed by atoms with van der Waals surface area (Å²) in [5.74, 6) is 0.364. The molecule has 6 heterocycles. The molecular weight excluding hydrogens is 490 g/mol. The molecule has 9 nitrogen and oxygen atoms in total. The second kappa shape index (κ2) is 9.82. The van der Waals surface area contributed by atoms with Crippen molar-refractivity contribution in [3.8, 4) is 22.3 Å². The lowest BCUT2D eigenvalue weighted by molar-refractivity contribution is 0.0893. The number of hydrogen-bond donors (Lipinski definition) is 2. The van der Waals surface area contributed by atoms with E-state index in [2.05, 4.69) is 54.3 Å². The lowest BCUT2D eigenvalue weighted by Crippen LogP contribution is -2.44. The first-order valence-corrected chi connectivity index (χ1v) is 12.4. The van der Waals surface area contributed by atoms with Gasteiger partial charge in [0.25, 0.3) is 12.3 Å². The topological polar surface area (TPSA) is 94.5 Å². The number of aromatic nitrogens is 5. The standard InChI is InChI=1S/C27H26F2N8O/c1-35-6-8-36(9-7-35)25-12-17(2-4-30-25)19-10-20-21(14-32-26(20)31-13-19)18-3-5-37-23(11-18)22(15-34-37)27(38)33-16-24(28)29/h2-5,10-15,24H,6-9,16H2,1H3,(H,31,32)(H,33,38). The van der Waals surface area contributed by atoms with Crippen LogP contribution in [0.2, 0.25) is 0 Å². The van der Waals surface area contributed by atoms with Gasteiger partial charge in [-0.3, -0.25) is 4.79 Å². The van der Waals surface area contributed by atoms with Crippen LogP contribution in [0, 0.1) is 0 Å². The predicted octanol–water partition coefficient (Wildman–Crippen LogP) is 3.69. The van der Waals surface area contributed by atoms with Crippen LogP contribution in [0.4, 0.5) is 14.6 Å². The van der Waals surface area contributed by atoms with Gasteiger partial charge in [0, 0.05) is 67.5 Å². The molecule has 0 atom stereocenters. The van der Waals surface area contributed by atoms with E-state index in [4.69, 9.17) is 0 Å². The van der Waals surface area contributed by atoms with Gasteiger partial charge >= 0.3 is 0 Å². The molecular formula is C27H26F2N8O. The van der Waals surface area contributed by atoms with Crippen molar-refractivity contribution in [3.05, 3.63) is 66.9 Å². The number of anilines is 1. The van der Waals surface area contributed by atoms with Crippen LogP contribution in [0.5, 0.6) is 0 Å². The lowest BCUT2D eigenvalue weighted by atomic mass is 10.0. The molecule has 6 rings (SSSR count). The summed E-state index contributed by atoms with van der Waals surface area (Å²) < 4.78 is 26.7. The Labute approximate surface area is 217 Å². The Hall–Kier alpha value is -4.38. The van der Waals surface area contributed by atoms with Gasteiger partial charge in [-0.25, -0.2) is 23.3 Å². The van der Waals surface area contributed by atoms with E-state index < -0.39 is 18.9 Å². The molecule has 1 aliphatic rings. The van der Waals surface area contributed by atoms with Crippen LogP contribution in [0.1, 0.15) is 10.4 Å². The molecule has 0 spiro atoms. The Bertz CT molecular complexity index is 1620. The lowest BCUT2D eigenvalue weighted by Gasteiger charge is -2.33. The summed E-state index contributed by atoms with van der Waals surface area (Å²) in [6.07, 6.45) is 6.06. The second-order valence-corrected chi connectivity index (χ2v) is 9.42. The normalized spacial score (nSPS) is 14.6. The van der Waals surface area contributed by atoms with E-state index in [1.54, 1.807) is 10.7 Å². The molecule has 38 heavy (non-hydrogen) atoms. The third-order valence-corrected chi connectivity index (χ3v) is 6.93. The first-order chi connectivity index (χ1) is 18.5. The molecule has 0 radical (unpaired) electrons. The number of alkyl halides is 2. The first-order valence-electron chi connectivity index (χ1n) is 12.4. The van der Waals surface area contributed by atoms with Crippen molar-refractivity contribution in [2.75, 3.05) is 44.7 Å². The molecule has 1 amide bonds. The van der Waals surface area contributed by atoms with Gasteiger partial charge in [-0.15, -0.1) is 0 Å². The monoisotopic (exact) mass is 516 g/mol. The number of aromatic amines is 1. The van der Waals surface area contributed by atoms with Gasteiger partial charge in [-0.2, -0.15) is 5.10 Å². The van der Waals surface area contributed by atoms with Gasteiger partial charge < -0.3 is 20.1 Å². The quantitative estimate of drug-likeness (QED) is 0.358. The minimum Gasteiger partial charge on any atom is -0.354 e. The predicted molar refractivity (Wildman–Crippen MR) is 142 cm³/mol. The summed E-state index contributed by atoms with van der Waals surface area (Å²) >= 11 is 0. The van der Waals surface area contributed by atoms with Crippen LogP contribution < -0.4 is 10.2 Å². The van der Waals surface area contributed by atoms with Crippen molar-refractivity contribution in [1.82, 2.24) is 34.8 Å². The Morgan fingerprint density at radius 2 is 1.89 bits per heavy atom. The van der Waals surface area contributed by atoms with Crippen molar-refractivity contribution in [2.45, 2.75) is 6.43 Å². The fraction of sp³-hybridized carbons (Fsp3) is 0.259. The molecule has 0 unspecified atom stereocenters. The van der Waals surface area contributed by atoms with E-state index >= 15 is 0 Å². The van der Waals surface area contributed by atoms with Crippen molar-refractivity contribution < 1.29 is 13.6 Å². The number of fused-ring (bicyclic) bond motifs is 2. The smallest absolute Gasteiger partial charge is 0.255 e. The maximum atomic E-state index is 12.6. The van der Waals surface area contributed by atoms with Gasteiger partial charge in [0.05, 0.1) is 23.8 Å². The molecule has 5 aromatic heterocycles. The van der Waals surface area contributed by atoms with Crippen LogP contribution in [-0.2, 0) is 0 Å². The summed E-state index contributed by atoms with van der Waals surface area (Å²) in [6, 6.07) is 9.90. The van der Waals surface area contributed by atoms with E-state index in [1.165, 1.54) is 6.20 Å². The van der Waals surface area contributed by atoms with E-state index in [0.29, 0.717) is 5.52 Å². The molecule has 0 saturated carbocycles. The van der Waals surface area contributed by atoms with Crippen molar-refractivity contribution >= 4 is 28.3 Å². The number of hydrogen-bond acceptors (Lipinski definition) is 6. The number of piperazine rings is 1. The molecule has 5 aromatic rings. The summed E-state index contributed by atoms with van der Waals surface area (Å²) in [7, 11) is 2.13. The van der Waals surface area contributed by atoms with E-state index in [0.717, 1.165) is 65.3 Å². The zero-order chi connectivity index (χ0) is 26.2.